The SMILES string of the molecule is O=C(c1ccc(OC(F)(F)F)cc1-c1ccncc1)c1ccc(OC(F)(F)F)cc1-c1ccncc1. The smallest absolute Gasteiger partial charge is 0.406 e. The summed E-state index contributed by atoms with van der Waals surface area (Å²) >= 11 is 0. The van der Waals surface area contributed by atoms with Crippen LogP contribution in [0.3, 0.4) is 0 Å². The highest BCUT2D eigenvalue weighted by molar-refractivity contribution is 6.16. The van der Waals surface area contributed by atoms with Gasteiger partial charge in [0.15, 0.2) is 5.78 Å². The van der Waals surface area contributed by atoms with Gasteiger partial charge in [-0.05, 0) is 82.9 Å². The maximum absolute atomic E-state index is 13.7. The second kappa shape index (κ2) is 9.68. The first-order valence-corrected chi connectivity index (χ1v) is 10.2. The molecule has 4 aromatic rings. The topological polar surface area (TPSA) is 61.3 Å². The molecule has 2 aromatic heterocycles. The van der Waals surface area contributed by atoms with Crippen molar-refractivity contribution in [2.24, 2.45) is 0 Å². The Labute approximate surface area is 200 Å². The minimum Gasteiger partial charge on any atom is -0.406 e. The van der Waals surface area contributed by atoms with Crippen molar-refractivity contribution in [3.63, 3.8) is 0 Å². The Morgan fingerprint density at radius 2 is 0.944 bits per heavy atom. The summed E-state index contributed by atoms with van der Waals surface area (Å²) in [6.45, 7) is 0. The zero-order valence-electron chi connectivity index (χ0n) is 18.0. The van der Waals surface area contributed by atoms with Crippen molar-refractivity contribution in [3.8, 4) is 33.8 Å². The Kier molecular flexibility index (Phi) is 6.65. The molecule has 184 valence electrons. The molecule has 0 spiro atoms. The zero-order chi connectivity index (χ0) is 25.9. The van der Waals surface area contributed by atoms with Gasteiger partial charge in [0.25, 0.3) is 0 Å². The predicted octanol–water partition coefficient (Wildman–Crippen LogP) is 6.84. The van der Waals surface area contributed by atoms with Crippen LogP contribution in [0, 0.1) is 0 Å². The van der Waals surface area contributed by atoms with Crippen molar-refractivity contribution in [2.75, 3.05) is 0 Å². The van der Waals surface area contributed by atoms with Crippen LogP contribution in [0.1, 0.15) is 15.9 Å². The summed E-state index contributed by atoms with van der Waals surface area (Å²) < 4.78 is 84.8. The lowest BCUT2D eigenvalue weighted by Gasteiger charge is -2.16. The number of carbonyl (C=O) groups is 1. The van der Waals surface area contributed by atoms with Gasteiger partial charge in [0, 0.05) is 35.9 Å². The average molecular weight is 504 g/mol. The standard InChI is InChI=1S/C25H14F6N2O3/c26-24(27,28)35-17-1-3-19(21(13-17)15-5-9-32-10-6-15)23(34)20-4-2-18(36-25(29,30)31)14-22(20)16-7-11-33-12-8-16/h1-14H. The van der Waals surface area contributed by atoms with Gasteiger partial charge in [-0.3, -0.25) is 14.8 Å². The third-order valence-electron chi connectivity index (χ3n) is 4.92. The van der Waals surface area contributed by atoms with Gasteiger partial charge in [-0.25, -0.2) is 0 Å². The number of alkyl halides is 6. The Morgan fingerprint density at radius 1 is 0.583 bits per heavy atom. The molecule has 0 radical (unpaired) electrons. The molecule has 0 amide bonds. The van der Waals surface area contributed by atoms with Crippen molar-refractivity contribution in [1.82, 2.24) is 9.97 Å². The van der Waals surface area contributed by atoms with Crippen LogP contribution < -0.4 is 9.47 Å². The van der Waals surface area contributed by atoms with E-state index in [-0.39, 0.29) is 22.3 Å². The molecule has 0 fully saturated rings. The second-order valence-corrected chi connectivity index (χ2v) is 7.31. The molecule has 5 nitrogen and oxygen atoms in total. The maximum atomic E-state index is 13.7. The molecule has 0 saturated heterocycles. The Morgan fingerprint density at radius 3 is 1.28 bits per heavy atom. The van der Waals surface area contributed by atoms with E-state index in [9.17, 15) is 31.1 Å². The highest BCUT2D eigenvalue weighted by Gasteiger charge is 2.33. The van der Waals surface area contributed by atoms with E-state index >= 15 is 0 Å². The minimum absolute atomic E-state index is 0.00415. The highest BCUT2D eigenvalue weighted by Crippen LogP contribution is 2.36. The molecule has 0 unspecified atom stereocenters. The fraction of sp³-hybridized carbons (Fsp3) is 0.0800. The molecule has 2 aromatic carbocycles. The zero-order valence-corrected chi connectivity index (χ0v) is 18.0. The molecule has 36 heavy (non-hydrogen) atoms. The fourth-order valence-corrected chi connectivity index (χ4v) is 3.52. The minimum atomic E-state index is -4.95. The van der Waals surface area contributed by atoms with E-state index in [1.807, 2.05) is 0 Å². The number of hydrogen-bond donors (Lipinski definition) is 0. The molecule has 0 aliphatic carbocycles. The van der Waals surface area contributed by atoms with Gasteiger partial charge in [0.1, 0.15) is 11.5 Å². The summed E-state index contributed by atoms with van der Waals surface area (Å²) in [5.74, 6) is -1.74. The molecule has 2 heterocycles. The van der Waals surface area contributed by atoms with Crippen molar-refractivity contribution in [3.05, 3.63) is 96.6 Å². The molecule has 4 rings (SSSR count). The Bertz CT molecular complexity index is 1270. The average Bonchev–Trinajstić information content (AvgIpc) is 2.83. The third-order valence-corrected chi connectivity index (χ3v) is 4.92. The molecular formula is C25H14F6N2O3. The molecular weight excluding hydrogens is 490 g/mol. The molecule has 0 aliphatic heterocycles. The van der Waals surface area contributed by atoms with Crippen LogP contribution in [-0.2, 0) is 0 Å². The van der Waals surface area contributed by atoms with E-state index in [1.54, 1.807) is 0 Å². The van der Waals surface area contributed by atoms with Gasteiger partial charge < -0.3 is 9.47 Å². The van der Waals surface area contributed by atoms with E-state index in [0.29, 0.717) is 11.1 Å². The predicted molar refractivity (Wildman–Crippen MR) is 116 cm³/mol. The van der Waals surface area contributed by atoms with Gasteiger partial charge in [0.05, 0.1) is 0 Å². The van der Waals surface area contributed by atoms with Crippen LogP contribution in [0.25, 0.3) is 22.3 Å². The molecule has 0 atom stereocenters. The number of ether oxygens (including phenoxy) is 2. The number of ketones is 1. The normalized spacial score (nSPS) is 11.7. The fourth-order valence-electron chi connectivity index (χ4n) is 3.52. The summed E-state index contributed by atoms with van der Waals surface area (Å²) in [5, 5.41) is 0. The van der Waals surface area contributed by atoms with E-state index in [2.05, 4.69) is 19.4 Å². The first-order valence-electron chi connectivity index (χ1n) is 10.2. The molecule has 0 aliphatic rings. The van der Waals surface area contributed by atoms with Crippen LogP contribution in [0.5, 0.6) is 11.5 Å². The summed E-state index contributed by atoms with van der Waals surface area (Å²) in [5.41, 5.74) is 0.971. The van der Waals surface area contributed by atoms with Gasteiger partial charge in [-0.15, -0.1) is 26.3 Å². The number of halogens is 6. The Hall–Kier alpha value is -4.41. The number of hydrogen-bond acceptors (Lipinski definition) is 5. The largest absolute Gasteiger partial charge is 0.573 e. The van der Waals surface area contributed by atoms with E-state index in [0.717, 1.165) is 36.4 Å². The number of nitrogens with zero attached hydrogens (tertiary/aromatic N) is 2. The lowest BCUT2D eigenvalue weighted by Crippen LogP contribution is -2.17. The van der Waals surface area contributed by atoms with Crippen LogP contribution >= 0.6 is 0 Å². The van der Waals surface area contributed by atoms with Gasteiger partial charge >= 0.3 is 12.7 Å². The van der Waals surface area contributed by atoms with Gasteiger partial charge in [-0.1, -0.05) is 0 Å². The van der Waals surface area contributed by atoms with E-state index in [1.165, 1.54) is 49.1 Å². The van der Waals surface area contributed by atoms with Crippen molar-refractivity contribution in [1.29, 1.82) is 0 Å². The van der Waals surface area contributed by atoms with E-state index in [4.69, 9.17) is 0 Å². The summed E-state index contributed by atoms with van der Waals surface area (Å²) in [4.78, 5) is 21.4. The van der Waals surface area contributed by atoms with Crippen molar-refractivity contribution >= 4 is 5.78 Å². The first kappa shape index (κ1) is 24.7. The molecule has 11 heteroatoms. The van der Waals surface area contributed by atoms with Crippen LogP contribution in [-0.4, -0.2) is 28.5 Å². The quantitative estimate of drug-likeness (QED) is 0.213. The maximum Gasteiger partial charge on any atom is 0.573 e. The van der Waals surface area contributed by atoms with Crippen LogP contribution in [0.2, 0.25) is 0 Å². The number of pyridine rings is 2. The van der Waals surface area contributed by atoms with E-state index < -0.39 is 30.0 Å². The Balaban J connectivity index is 1.86. The summed E-state index contributed by atoms with van der Waals surface area (Å²) in [7, 11) is 0. The number of carbonyl (C=O) groups excluding carboxylic acids is 1. The van der Waals surface area contributed by atoms with Crippen molar-refractivity contribution in [2.45, 2.75) is 12.7 Å². The lowest BCUT2D eigenvalue weighted by atomic mass is 9.90. The summed E-state index contributed by atoms with van der Waals surface area (Å²) in [6, 6.07) is 12.4. The second-order valence-electron chi connectivity index (χ2n) is 7.31. The number of rotatable bonds is 6. The monoisotopic (exact) mass is 504 g/mol. The number of benzene rings is 2. The summed E-state index contributed by atoms with van der Waals surface area (Å²) in [6.07, 6.45) is -4.33. The lowest BCUT2D eigenvalue weighted by molar-refractivity contribution is -0.275. The van der Waals surface area contributed by atoms with Crippen LogP contribution in [0.4, 0.5) is 26.3 Å². The first-order chi connectivity index (χ1) is 17.0. The molecule has 0 N–H and O–H groups in total. The van der Waals surface area contributed by atoms with Crippen LogP contribution in [0.15, 0.2) is 85.5 Å². The van der Waals surface area contributed by atoms with Gasteiger partial charge in [0.2, 0.25) is 0 Å². The molecule has 0 saturated carbocycles. The highest BCUT2D eigenvalue weighted by atomic mass is 19.4. The number of aromatic nitrogens is 2. The van der Waals surface area contributed by atoms with Gasteiger partial charge in [-0.2, -0.15) is 0 Å². The molecule has 0 bridgehead atoms. The third kappa shape index (κ3) is 5.98. The van der Waals surface area contributed by atoms with Crippen molar-refractivity contribution < 1.29 is 40.6 Å².